The zero-order valence-electron chi connectivity index (χ0n) is 18.7. The van der Waals surface area contributed by atoms with Crippen LogP contribution in [0.25, 0.3) is 0 Å². The first-order chi connectivity index (χ1) is 16.4. The number of fused-ring (bicyclic) bond motifs is 1. The maximum Gasteiger partial charge on any atom is 0.573 e. The summed E-state index contributed by atoms with van der Waals surface area (Å²) in [6, 6.07) is 5.31. The molecule has 2 fully saturated rings. The highest BCUT2D eigenvalue weighted by Crippen LogP contribution is 2.52. The van der Waals surface area contributed by atoms with Crippen LogP contribution in [-0.2, 0) is 13.6 Å². The third kappa shape index (κ3) is 7.03. The molecule has 1 aromatic carbocycles. The molecule has 2 heterocycles. The van der Waals surface area contributed by atoms with E-state index >= 15 is 0 Å². The molecule has 2 unspecified atom stereocenters. The standard InChI is InChI=1S/C22H24F6N4O3/c1-30-12-19(29-13-30)34-20(33)32(8-14-3-2-4-15(7-14)35-22(26,27)28)11-18-16-9-31(10-17(16)18)6-5-21(23,24)25/h2-4,7,12-13,16-18H,5-6,8-11H2,1H3. The number of piperidine rings is 1. The van der Waals surface area contributed by atoms with E-state index in [2.05, 4.69) is 9.72 Å². The molecular weight excluding hydrogens is 482 g/mol. The SMILES string of the molecule is Cn1cnc(OC(=O)N(Cc2cccc(OC(F)(F)F)c2)CC2C3CN(CCC(F)(F)F)CC32)c1. The van der Waals surface area contributed by atoms with Crippen molar-refractivity contribution in [2.75, 3.05) is 26.2 Å². The van der Waals surface area contributed by atoms with Crippen molar-refractivity contribution < 1.29 is 40.6 Å². The predicted octanol–water partition coefficient (Wildman–Crippen LogP) is 4.45. The number of ether oxygens (including phenoxy) is 2. The van der Waals surface area contributed by atoms with Crippen LogP contribution in [0.15, 0.2) is 36.8 Å². The number of hydrogen-bond donors (Lipinski definition) is 0. The summed E-state index contributed by atoms with van der Waals surface area (Å²) in [6.45, 7) is 1.21. The van der Waals surface area contributed by atoms with Crippen molar-refractivity contribution in [2.45, 2.75) is 25.5 Å². The van der Waals surface area contributed by atoms with Crippen LogP contribution in [0.4, 0.5) is 31.1 Å². The lowest BCUT2D eigenvalue weighted by Crippen LogP contribution is -2.37. The van der Waals surface area contributed by atoms with Gasteiger partial charge in [-0.25, -0.2) is 9.78 Å². The molecule has 0 bridgehead atoms. The maximum atomic E-state index is 12.9. The topological polar surface area (TPSA) is 59.8 Å². The Bertz CT molecular complexity index is 1030. The van der Waals surface area contributed by atoms with Crippen molar-refractivity contribution in [3.05, 3.63) is 42.4 Å². The van der Waals surface area contributed by atoms with Gasteiger partial charge in [0.05, 0.1) is 18.9 Å². The van der Waals surface area contributed by atoms with Crippen LogP contribution >= 0.6 is 0 Å². The van der Waals surface area contributed by atoms with Crippen LogP contribution in [0.3, 0.4) is 0 Å². The minimum absolute atomic E-state index is 0.0333. The third-order valence-corrected chi connectivity index (χ3v) is 6.23. The largest absolute Gasteiger partial charge is 0.573 e. The Balaban J connectivity index is 1.40. The number of benzene rings is 1. The molecule has 1 aromatic heterocycles. The molecule has 1 saturated carbocycles. The van der Waals surface area contributed by atoms with Gasteiger partial charge in [0.25, 0.3) is 0 Å². The molecule has 1 aliphatic heterocycles. The number of nitrogens with zero attached hydrogens (tertiary/aromatic N) is 4. The molecule has 0 N–H and O–H groups in total. The summed E-state index contributed by atoms with van der Waals surface area (Å²) in [5.41, 5.74) is 0.405. The second kappa shape index (κ2) is 9.59. The van der Waals surface area contributed by atoms with Crippen LogP contribution in [-0.4, -0.2) is 64.2 Å². The first-order valence-electron chi connectivity index (χ1n) is 10.9. The molecule has 192 valence electrons. The van der Waals surface area contributed by atoms with E-state index in [0.717, 1.165) is 6.07 Å². The molecule has 4 rings (SSSR count). The second-order valence-electron chi connectivity index (χ2n) is 8.94. The van der Waals surface area contributed by atoms with E-state index in [1.165, 1.54) is 29.6 Å². The molecule has 1 saturated heterocycles. The second-order valence-corrected chi connectivity index (χ2v) is 8.94. The number of aromatic nitrogens is 2. The molecule has 35 heavy (non-hydrogen) atoms. The van der Waals surface area contributed by atoms with Gasteiger partial charge in [0, 0.05) is 39.8 Å². The summed E-state index contributed by atoms with van der Waals surface area (Å²) >= 11 is 0. The van der Waals surface area contributed by atoms with Crippen molar-refractivity contribution >= 4 is 6.09 Å². The summed E-state index contributed by atoms with van der Waals surface area (Å²) in [5, 5.41) is 0. The van der Waals surface area contributed by atoms with Crippen molar-refractivity contribution in [2.24, 2.45) is 24.8 Å². The normalized spacial score (nSPS) is 22.1. The number of likely N-dealkylation sites (tertiary alicyclic amines) is 1. The molecule has 0 spiro atoms. The average molecular weight is 506 g/mol. The summed E-state index contributed by atoms with van der Waals surface area (Å²) in [6.07, 6.45) is -7.69. The first kappa shape index (κ1) is 25.1. The summed E-state index contributed by atoms with van der Waals surface area (Å²) in [7, 11) is 1.70. The lowest BCUT2D eigenvalue weighted by atomic mass is 10.2. The monoisotopic (exact) mass is 506 g/mol. The lowest BCUT2D eigenvalue weighted by Gasteiger charge is -2.25. The fourth-order valence-electron chi connectivity index (χ4n) is 4.59. The number of carbonyl (C=O) groups is 1. The number of carbonyl (C=O) groups excluding carboxylic acids is 1. The van der Waals surface area contributed by atoms with Crippen LogP contribution in [0.2, 0.25) is 0 Å². The van der Waals surface area contributed by atoms with Crippen LogP contribution < -0.4 is 9.47 Å². The third-order valence-electron chi connectivity index (χ3n) is 6.23. The predicted molar refractivity (Wildman–Crippen MR) is 110 cm³/mol. The number of aryl methyl sites for hydroxylation is 1. The molecular formula is C22H24F6N4O3. The molecule has 2 atom stereocenters. The molecule has 0 radical (unpaired) electrons. The highest BCUT2D eigenvalue weighted by Gasteiger charge is 2.56. The Hall–Kier alpha value is -2.96. The van der Waals surface area contributed by atoms with Gasteiger partial charge in [-0.1, -0.05) is 12.1 Å². The molecule has 2 aromatic rings. The van der Waals surface area contributed by atoms with Gasteiger partial charge in [-0.2, -0.15) is 13.2 Å². The number of halogens is 6. The summed E-state index contributed by atoms with van der Waals surface area (Å²) in [5.74, 6) is 0.0622. The van der Waals surface area contributed by atoms with E-state index in [4.69, 9.17) is 4.74 Å². The Kier molecular flexibility index (Phi) is 6.89. The number of imidazole rings is 1. The maximum absolute atomic E-state index is 12.9. The van der Waals surface area contributed by atoms with Gasteiger partial charge < -0.3 is 23.8 Å². The Morgan fingerprint density at radius 2 is 1.89 bits per heavy atom. The zero-order chi connectivity index (χ0) is 25.4. The molecule has 1 amide bonds. The Morgan fingerprint density at radius 3 is 2.49 bits per heavy atom. The summed E-state index contributed by atoms with van der Waals surface area (Å²) in [4.78, 5) is 20.0. The smallest absolute Gasteiger partial charge is 0.406 e. The molecule has 2 aliphatic rings. The molecule has 7 nitrogen and oxygen atoms in total. The van der Waals surface area contributed by atoms with Gasteiger partial charge in [0.2, 0.25) is 5.88 Å². The van der Waals surface area contributed by atoms with E-state index in [1.807, 2.05) is 0 Å². The van der Waals surface area contributed by atoms with E-state index in [-0.39, 0.29) is 43.3 Å². The van der Waals surface area contributed by atoms with Crippen molar-refractivity contribution in [3.8, 4) is 11.6 Å². The van der Waals surface area contributed by atoms with Crippen LogP contribution in [0.5, 0.6) is 11.6 Å². The van der Waals surface area contributed by atoms with E-state index in [1.54, 1.807) is 22.6 Å². The van der Waals surface area contributed by atoms with Gasteiger partial charge in [-0.05, 0) is 35.4 Å². The van der Waals surface area contributed by atoms with Crippen molar-refractivity contribution in [1.82, 2.24) is 19.4 Å². The van der Waals surface area contributed by atoms with E-state index in [9.17, 15) is 31.1 Å². The van der Waals surface area contributed by atoms with Crippen molar-refractivity contribution in [1.29, 1.82) is 0 Å². The highest BCUT2D eigenvalue weighted by atomic mass is 19.4. The quantitative estimate of drug-likeness (QED) is 0.496. The number of amides is 1. The van der Waals surface area contributed by atoms with Crippen LogP contribution in [0, 0.1) is 17.8 Å². The fraction of sp³-hybridized carbons (Fsp3) is 0.545. The van der Waals surface area contributed by atoms with Gasteiger partial charge in [0.1, 0.15) is 5.75 Å². The fourth-order valence-corrected chi connectivity index (χ4v) is 4.59. The van der Waals surface area contributed by atoms with Crippen LogP contribution in [0.1, 0.15) is 12.0 Å². The van der Waals surface area contributed by atoms with Gasteiger partial charge in [-0.15, -0.1) is 13.2 Å². The van der Waals surface area contributed by atoms with Gasteiger partial charge in [0.15, 0.2) is 0 Å². The lowest BCUT2D eigenvalue weighted by molar-refractivity contribution is -0.274. The molecule has 13 heteroatoms. The molecule has 1 aliphatic carbocycles. The average Bonchev–Trinajstić information content (AvgIpc) is 3.05. The van der Waals surface area contributed by atoms with Gasteiger partial charge in [-0.3, -0.25) is 0 Å². The minimum Gasteiger partial charge on any atom is -0.406 e. The summed E-state index contributed by atoms with van der Waals surface area (Å²) < 4.78 is 86.2. The minimum atomic E-state index is -4.85. The van der Waals surface area contributed by atoms with Crippen molar-refractivity contribution in [3.63, 3.8) is 0 Å². The zero-order valence-corrected chi connectivity index (χ0v) is 18.7. The number of alkyl halides is 6. The van der Waals surface area contributed by atoms with E-state index < -0.39 is 30.8 Å². The Labute approximate surface area is 197 Å². The number of rotatable bonds is 8. The van der Waals surface area contributed by atoms with E-state index in [0.29, 0.717) is 18.7 Å². The highest BCUT2D eigenvalue weighted by molar-refractivity contribution is 5.70. The first-order valence-corrected chi connectivity index (χ1v) is 10.9. The number of hydrogen-bond acceptors (Lipinski definition) is 5. The van der Waals surface area contributed by atoms with Gasteiger partial charge >= 0.3 is 18.6 Å². The Morgan fingerprint density at radius 1 is 1.17 bits per heavy atom.